The highest BCUT2D eigenvalue weighted by Gasteiger charge is 2.12. The average Bonchev–Trinajstić information content (AvgIpc) is 3.15. The van der Waals surface area contributed by atoms with Crippen LogP contribution in [0.2, 0.25) is 0 Å². The highest BCUT2D eigenvalue weighted by atomic mass is 15.0. The number of hydrogen-bond donors (Lipinski definition) is 0. The molecule has 26 heavy (non-hydrogen) atoms. The van der Waals surface area contributed by atoms with Crippen LogP contribution in [0.1, 0.15) is 104 Å². The maximum atomic E-state index is 2.37. The molecule has 0 unspecified atom stereocenters. The molecule has 0 aliphatic heterocycles. The minimum atomic E-state index is 0.215. The van der Waals surface area contributed by atoms with Crippen molar-refractivity contribution < 1.29 is 0 Å². The first-order valence-electron chi connectivity index (χ1n) is 10.3. The summed E-state index contributed by atoms with van der Waals surface area (Å²) in [6.07, 6.45) is 4.40. The summed E-state index contributed by atoms with van der Waals surface area (Å²) in [5.41, 5.74) is 5.95. The predicted molar refractivity (Wildman–Crippen MR) is 119 cm³/mol. The normalized spacial score (nSPS) is 11.2. The third-order valence-corrected chi connectivity index (χ3v) is 4.71. The van der Waals surface area contributed by atoms with Crippen molar-refractivity contribution in [1.29, 1.82) is 0 Å². The molecular formula is C24H44N2. The van der Waals surface area contributed by atoms with E-state index in [4.69, 9.17) is 0 Å². The summed E-state index contributed by atoms with van der Waals surface area (Å²) in [7, 11) is 0. The third-order valence-electron chi connectivity index (χ3n) is 4.71. The second kappa shape index (κ2) is 10.6. The molecule has 0 radical (unpaired) electrons. The highest BCUT2D eigenvalue weighted by Crippen LogP contribution is 2.22. The molecule has 2 nitrogen and oxygen atoms in total. The Labute approximate surface area is 163 Å². The lowest BCUT2D eigenvalue weighted by atomic mass is 10.0. The lowest BCUT2D eigenvalue weighted by molar-refractivity contribution is 0.397. The van der Waals surface area contributed by atoms with Gasteiger partial charge in [0, 0.05) is 35.9 Å². The summed E-state index contributed by atoms with van der Waals surface area (Å²) in [6, 6.07) is 4.51. The molecule has 2 heterocycles. The van der Waals surface area contributed by atoms with E-state index >= 15 is 0 Å². The van der Waals surface area contributed by atoms with Crippen LogP contribution in [0.15, 0.2) is 24.5 Å². The molecule has 0 saturated heterocycles. The van der Waals surface area contributed by atoms with Crippen LogP contribution in [-0.4, -0.2) is 9.13 Å². The standard InChI is InChI=1S/2C11H19N.C2H6/c1-9(2)10-6-7-12(8-10)11(3,4)5;1-6-12-9(4)7-11(8(2)3)10(12)5;1-2/h6-9H,1-5H3;7-8H,6H2,1-5H3;1-2H3. The molecule has 0 atom stereocenters. The molecular weight excluding hydrogens is 316 g/mol. The maximum Gasteiger partial charge on any atom is 0.0355 e. The van der Waals surface area contributed by atoms with Gasteiger partial charge in [-0.05, 0) is 76.6 Å². The summed E-state index contributed by atoms with van der Waals surface area (Å²) < 4.78 is 4.64. The molecule has 0 aromatic carbocycles. The average molecular weight is 361 g/mol. The molecule has 150 valence electrons. The van der Waals surface area contributed by atoms with E-state index < -0.39 is 0 Å². The molecule has 2 heteroatoms. The van der Waals surface area contributed by atoms with Gasteiger partial charge in [0.15, 0.2) is 0 Å². The molecule has 0 spiro atoms. The van der Waals surface area contributed by atoms with E-state index in [0.29, 0.717) is 11.8 Å². The van der Waals surface area contributed by atoms with Gasteiger partial charge in [-0.2, -0.15) is 0 Å². The molecule has 0 aliphatic carbocycles. The Morgan fingerprint density at radius 2 is 1.50 bits per heavy atom. The zero-order valence-corrected chi connectivity index (χ0v) is 19.6. The molecule has 0 bridgehead atoms. The highest BCUT2D eigenvalue weighted by molar-refractivity contribution is 5.29. The minimum absolute atomic E-state index is 0.215. The fourth-order valence-electron chi connectivity index (χ4n) is 3.07. The molecule has 0 aliphatic rings. The Bertz CT molecular complexity index is 634. The van der Waals surface area contributed by atoms with Gasteiger partial charge < -0.3 is 9.13 Å². The molecule has 0 N–H and O–H groups in total. The first kappa shape index (κ1) is 24.6. The number of aryl methyl sites for hydroxylation is 1. The van der Waals surface area contributed by atoms with Crippen molar-refractivity contribution >= 4 is 0 Å². The Morgan fingerprint density at radius 3 is 1.73 bits per heavy atom. The van der Waals surface area contributed by atoms with Gasteiger partial charge in [0.2, 0.25) is 0 Å². The van der Waals surface area contributed by atoms with E-state index in [9.17, 15) is 0 Å². The first-order chi connectivity index (χ1) is 12.0. The van der Waals surface area contributed by atoms with Gasteiger partial charge in [0.25, 0.3) is 0 Å². The Kier molecular flexibility index (Phi) is 10.1. The molecule has 2 aromatic rings. The van der Waals surface area contributed by atoms with Crippen molar-refractivity contribution in [2.24, 2.45) is 0 Å². The summed E-state index contributed by atoms with van der Waals surface area (Å²) in [5.74, 6) is 1.28. The van der Waals surface area contributed by atoms with Crippen LogP contribution in [-0.2, 0) is 12.1 Å². The first-order valence-corrected chi connectivity index (χ1v) is 10.3. The van der Waals surface area contributed by atoms with Crippen LogP contribution in [0.4, 0.5) is 0 Å². The maximum absolute atomic E-state index is 2.37. The van der Waals surface area contributed by atoms with Crippen LogP contribution in [0.25, 0.3) is 0 Å². The zero-order chi connectivity index (χ0) is 20.7. The smallest absolute Gasteiger partial charge is 0.0355 e. The monoisotopic (exact) mass is 360 g/mol. The minimum Gasteiger partial charge on any atom is -0.349 e. The number of aromatic nitrogens is 2. The van der Waals surface area contributed by atoms with Crippen molar-refractivity contribution in [1.82, 2.24) is 9.13 Å². The molecule has 2 rings (SSSR count). The third kappa shape index (κ3) is 6.70. The van der Waals surface area contributed by atoms with Crippen molar-refractivity contribution in [3.8, 4) is 0 Å². The van der Waals surface area contributed by atoms with Crippen LogP contribution < -0.4 is 0 Å². The SMILES string of the molecule is CC.CC(C)c1ccn(C(C)(C)C)c1.CCn1c(C)cc(C(C)C)c1C. The van der Waals surface area contributed by atoms with Crippen LogP contribution in [0, 0.1) is 13.8 Å². The van der Waals surface area contributed by atoms with E-state index in [0.717, 1.165) is 6.54 Å². The van der Waals surface area contributed by atoms with Gasteiger partial charge in [0.05, 0.1) is 0 Å². The number of nitrogens with zero attached hydrogens (tertiary/aromatic N) is 2. The van der Waals surface area contributed by atoms with E-state index in [2.05, 4.69) is 103 Å². The second-order valence-electron chi connectivity index (χ2n) is 8.40. The topological polar surface area (TPSA) is 9.86 Å². The van der Waals surface area contributed by atoms with Gasteiger partial charge in [-0.15, -0.1) is 0 Å². The Balaban J connectivity index is 0.000000439. The van der Waals surface area contributed by atoms with E-state index in [1.165, 1.54) is 22.5 Å². The molecule has 0 amide bonds. The van der Waals surface area contributed by atoms with Crippen LogP contribution in [0.3, 0.4) is 0 Å². The molecule has 2 aromatic heterocycles. The summed E-state index contributed by atoms with van der Waals surface area (Å²) in [6.45, 7) is 27.3. The molecule has 0 saturated carbocycles. The van der Waals surface area contributed by atoms with Gasteiger partial charge >= 0.3 is 0 Å². The van der Waals surface area contributed by atoms with E-state index in [1.807, 2.05) is 13.8 Å². The van der Waals surface area contributed by atoms with E-state index in [-0.39, 0.29) is 5.54 Å². The van der Waals surface area contributed by atoms with Crippen molar-refractivity contribution in [3.05, 3.63) is 47.0 Å². The lowest BCUT2D eigenvalue weighted by Crippen LogP contribution is -2.19. The van der Waals surface area contributed by atoms with Crippen LogP contribution in [0.5, 0.6) is 0 Å². The predicted octanol–water partition coefficient (Wildman–Crippen LogP) is 7.64. The lowest BCUT2D eigenvalue weighted by Gasteiger charge is -2.21. The van der Waals surface area contributed by atoms with Crippen molar-refractivity contribution in [2.75, 3.05) is 0 Å². The fraction of sp³-hybridized carbons (Fsp3) is 0.667. The Morgan fingerprint density at radius 1 is 0.962 bits per heavy atom. The molecule has 0 fully saturated rings. The van der Waals surface area contributed by atoms with Crippen molar-refractivity contribution in [2.45, 2.75) is 107 Å². The fourth-order valence-corrected chi connectivity index (χ4v) is 3.07. The van der Waals surface area contributed by atoms with Crippen molar-refractivity contribution in [3.63, 3.8) is 0 Å². The van der Waals surface area contributed by atoms with E-state index in [1.54, 1.807) is 0 Å². The summed E-state index contributed by atoms with van der Waals surface area (Å²) in [5, 5.41) is 0. The van der Waals surface area contributed by atoms with Crippen LogP contribution >= 0.6 is 0 Å². The van der Waals surface area contributed by atoms with Gasteiger partial charge in [-0.3, -0.25) is 0 Å². The quantitative estimate of drug-likeness (QED) is 0.532. The van der Waals surface area contributed by atoms with Gasteiger partial charge in [0.1, 0.15) is 0 Å². The van der Waals surface area contributed by atoms with Gasteiger partial charge in [-0.25, -0.2) is 0 Å². The number of hydrogen-bond acceptors (Lipinski definition) is 0. The summed E-state index contributed by atoms with van der Waals surface area (Å²) >= 11 is 0. The summed E-state index contributed by atoms with van der Waals surface area (Å²) in [4.78, 5) is 0. The number of rotatable bonds is 3. The Hall–Kier alpha value is -1.44. The largest absolute Gasteiger partial charge is 0.349 e. The zero-order valence-electron chi connectivity index (χ0n) is 19.6. The second-order valence-corrected chi connectivity index (χ2v) is 8.40. The van der Waals surface area contributed by atoms with Gasteiger partial charge in [-0.1, -0.05) is 41.5 Å².